The number of nitrogens with zero attached hydrogens (tertiary/aromatic N) is 1. The van der Waals surface area contributed by atoms with E-state index in [4.69, 9.17) is 4.74 Å². The molecule has 0 radical (unpaired) electrons. The molecule has 3 rings (SSSR count). The lowest BCUT2D eigenvalue weighted by atomic mass is 10.1. The zero-order valence-corrected chi connectivity index (χ0v) is 15.5. The summed E-state index contributed by atoms with van der Waals surface area (Å²) >= 11 is 0. The molecule has 27 heavy (non-hydrogen) atoms. The number of hydrogen-bond acceptors (Lipinski definition) is 3. The topological polar surface area (TPSA) is 67.0 Å². The molecule has 0 aliphatic rings. The summed E-state index contributed by atoms with van der Waals surface area (Å²) in [6, 6.07) is 17.6. The van der Waals surface area contributed by atoms with Gasteiger partial charge in [0.05, 0.1) is 11.9 Å². The van der Waals surface area contributed by atoms with Crippen LogP contribution in [0.5, 0.6) is 0 Å². The highest BCUT2D eigenvalue weighted by Crippen LogP contribution is 2.22. The van der Waals surface area contributed by atoms with E-state index in [1.165, 1.54) is 0 Å². The minimum atomic E-state index is -0.570. The molecule has 0 spiro atoms. The Balaban J connectivity index is 1.81. The molecule has 1 amide bonds. The zero-order chi connectivity index (χ0) is 19.3. The lowest BCUT2D eigenvalue weighted by molar-refractivity contribution is 0.0635. The Kier molecular flexibility index (Phi) is 5.28. The highest BCUT2D eigenvalue weighted by molar-refractivity contribution is 5.83. The molecular weight excluding hydrogens is 338 g/mol. The molecule has 2 N–H and O–H groups in total. The molecule has 136 valence electrons. The van der Waals surface area contributed by atoms with Gasteiger partial charge in [-0.2, -0.15) is 0 Å². The first-order valence-electron chi connectivity index (χ1n) is 8.62. The molecule has 0 aliphatic carbocycles. The molecular formula is C22H21N3O2. The van der Waals surface area contributed by atoms with Gasteiger partial charge in [0.15, 0.2) is 0 Å². The predicted octanol–water partition coefficient (Wildman–Crippen LogP) is 4.82. The summed E-state index contributed by atoms with van der Waals surface area (Å²) in [5, 5.41) is 2.60. The Labute approximate surface area is 158 Å². The van der Waals surface area contributed by atoms with Crippen LogP contribution >= 0.6 is 0 Å². The predicted molar refractivity (Wildman–Crippen MR) is 106 cm³/mol. The molecule has 0 saturated carbocycles. The third-order valence-corrected chi connectivity index (χ3v) is 3.53. The van der Waals surface area contributed by atoms with E-state index in [-0.39, 0.29) is 0 Å². The number of hydrogen-bond donors (Lipinski definition) is 2. The van der Waals surface area contributed by atoms with Gasteiger partial charge >= 0.3 is 6.09 Å². The van der Waals surface area contributed by atoms with Crippen LogP contribution in [0.3, 0.4) is 0 Å². The lowest BCUT2D eigenvalue weighted by Crippen LogP contribution is -2.27. The van der Waals surface area contributed by atoms with Gasteiger partial charge in [0.2, 0.25) is 5.95 Å². The Morgan fingerprint density at radius 1 is 1.04 bits per heavy atom. The largest absolute Gasteiger partial charge is 0.444 e. The molecule has 0 bridgehead atoms. The minimum absolute atomic E-state index is 0.324. The summed E-state index contributed by atoms with van der Waals surface area (Å²) < 4.78 is 5.24. The standard InChI is InChI=1S/C22H21N3O2/c1-22(2,3)27-21(26)25-20-23-15-19(24-20)18-12-8-7-11-17(18)14-13-16-9-5-4-6-10-16/h4-12,15H,1-3H3,(H2,23,24,25,26). The van der Waals surface area contributed by atoms with Crippen molar-refractivity contribution >= 4 is 12.0 Å². The fraction of sp³-hybridized carbons (Fsp3) is 0.182. The molecule has 0 aliphatic heterocycles. The van der Waals surface area contributed by atoms with Gasteiger partial charge in [-0.1, -0.05) is 48.2 Å². The summed E-state index contributed by atoms with van der Waals surface area (Å²) in [5.41, 5.74) is 2.92. The van der Waals surface area contributed by atoms with Crippen molar-refractivity contribution in [3.8, 4) is 23.1 Å². The third-order valence-electron chi connectivity index (χ3n) is 3.53. The maximum atomic E-state index is 11.9. The Morgan fingerprint density at radius 2 is 1.74 bits per heavy atom. The molecule has 0 fully saturated rings. The van der Waals surface area contributed by atoms with Crippen LogP contribution in [0.25, 0.3) is 11.3 Å². The van der Waals surface area contributed by atoms with E-state index in [0.29, 0.717) is 5.95 Å². The van der Waals surface area contributed by atoms with Crippen molar-refractivity contribution in [2.75, 3.05) is 5.32 Å². The summed E-state index contributed by atoms with van der Waals surface area (Å²) in [6.45, 7) is 5.42. The van der Waals surface area contributed by atoms with Gasteiger partial charge < -0.3 is 9.72 Å². The van der Waals surface area contributed by atoms with Crippen LogP contribution in [-0.4, -0.2) is 21.7 Å². The second-order valence-electron chi connectivity index (χ2n) is 6.93. The smallest absolute Gasteiger partial charge is 0.414 e. The molecule has 5 nitrogen and oxygen atoms in total. The summed E-state index contributed by atoms with van der Waals surface area (Å²) in [6.07, 6.45) is 1.11. The van der Waals surface area contributed by atoms with Gasteiger partial charge in [-0.25, -0.2) is 9.78 Å². The molecule has 0 saturated heterocycles. The number of carbonyl (C=O) groups excluding carboxylic acids is 1. The molecule has 2 aromatic carbocycles. The van der Waals surface area contributed by atoms with Crippen LogP contribution in [0.15, 0.2) is 60.8 Å². The number of imidazole rings is 1. The van der Waals surface area contributed by atoms with Crippen molar-refractivity contribution in [2.24, 2.45) is 0 Å². The van der Waals surface area contributed by atoms with Crippen LogP contribution in [-0.2, 0) is 4.74 Å². The lowest BCUT2D eigenvalue weighted by Gasteiger charge is -2.18. The van der Waals surface area contributed by atoms with Crippen LogP contribution in [0.4, 0.5) is 10.7 Å². The van der Waals surface area contributed by atoms with Gasteiger partial charge in [0.1, 0.15) is 5.60 Å². The van der Waals surface area contributed by atoms with E-state index in [0.717, 1.165) is 22.4 Å². The van der Waals surface area contributed by atoms with Crippen molar-refractivity contribution in [1.29, 1.82) is 0 Å². The average molecular weight is 359 g/mol. The number of aromatic nitrogens is 2. The summed E-state index contributed by atoms with van der Waals surface area (Å²) in [4.78, 5) is 19.2. The summed E-state index contributed by atoms with van der Waals surface area (Å²) in [5.74, 6) is 6.69. The Morgan fingerprint density at radius 3 is 2.48 bits per heavy atom. The number of benzene rings is 2. The number of aromatic amines is 1. The second-order valence-corrected chi connectivity index (χ2v) is 6.93. The highest BCUT2D eigenvalue weighted by Gasteiger charge is 2.17. The fourth-order valence-electron chi connectivity index (χ4n) is 2.41. The Bertz CT molecular complexity index is 989. The fourth-order valence-corrected chi connectivity index (χ4v) is 2.41. The van der Waals surface area contributed by atoms with Gasteiger partial charge in [0.25, 0.3) is 0 Å². The molecule has 1 aromatic heterocycles. The van der Waals surface area contributed by atoms with Crippen molar-refractivity contribution in [3.05, 3.63) is 71.9 Å². The number of rotatable bonds is 2. The Hall–Kier alpha value is -3.52. The van der Waals surface area contributed by atoms with Gasteiger partial charge in [-0.05, 0) is 39.0 Å². The van der Waals surface area contributed by atoms with Crippen LogP contribution in [0.2, 0.25) is 0 Å². The number of amides is 1. The van der Waals surface area contributed by atoms with E-state index in [2.05, 4.69) is 27.1 Å². The summed E-state index contributed by atoms with van der Waals surface area (Å²) in [7, 11) is 0. The van der Waals surface area contributed by atoms with Crippen LogP contribution < -0.4 is 5.32 Å². The maximum Gasteiger partial charge on any atom is 0.414 e. The number of nitrogens with one attached hydrogen (secondary N) is 2. The SMILES string of the molecule is CC(C)(C)OC(=O)Nc1ncc(-c2ccccc2C#Cc2ccccc2)[nH]1. The molecule has 0 unspecified atom stereocenters. The highest BCUT2D eigenvalue weighted by atomic mass is 16.6. The quantitative estimate of drug-likeness (QED) is 0.645. The number of H-pyrrole nitrogens is 1. The normalized spacial score (nSPS) is 10.6. The second kappa shape index (κ2) is 7.79. The van der Waals surface area contributed by atoms with Crippen LogP contribution in [0, 0.1) is 11.8 Å². The number of carbonyl (C=O) groups is 1. The average Bonchev–Trinajstić information content (AvgIpc) is 3.07. The van der Waals surface area contributed by atoms with Crippen molar-refractivity contribution in [1.82, 2.24) is 9.97 Å². The first-order valence-corrected chi connectivity index (χ1v) is 8.62. The van der Waals surface area contributed by atoms with Crippen molar-refractivity contribution in [2.45, 2.75) is 26.4 Å². The molecule has 0 atom stereocenters. The maximum absolute atomic E-state index is 11.9. The van der Waals surface area contributed by atoms with Crippen LogP contribution in [0.1, 0.15) is 31.9 Å². The molecule has 1 heterocycles. The first-order chi connectivity index (χ1) is 12.9. The number of ether oxygens (including phenoxy) is 1. The van der Waals surface area contributed by atoms with Crippen molar-refractivity contribution < 1.29 is 9.53 Å². The minimum Gasteiger partial charge on any atom is -0.444 e. The van der Waals surface area contributed by atoms with Gasteiger partial charge in [-0.15, -0.1) is 0 Å². The zero-order valence-electron chi connectivity index (χ0n) is 15.5. The molecule has 3 aromatic rings. The van der Waals surface area contributed by atoms with E-state index in [1.807, 2.05) is 75.4 Å². The first kappa shape index (κ1) is 18.3. The monoisotopic (exact) mass is 359 g/mol. The number of anilines is 1. The van der Waals surface area contributed by atoms with Gasteiger partial charge in [-0.3, -0.25) is 5.32 Å². The van der Waals surface area contributed by atoms with Crippen molar-refractivity contribution in [3.63, 3.8) is 0 Å². The van der Waals surface area contributed by atoms with E-state index in [1.54, 1.807) is 6.20 Å². The van der Waals surface area contributed by atoms with Gasteiger partial charge in [0, 0.05) is 16.7 Å². The van der Waals surface area contributed by atoms with E-state index < -0.39 is 11.7 Å². The van der Waals surface area contributed by atoms with E-state index >= 15 is 0 Å². The van der Waals surface area contributed by atoms with E-state index in [9.17, 15) is 4.79 Å². The molecule has 5 heteroatoms. The third kappa shape index (κ3) is 5.23.